The van der Waals surface area contributed by atoms with Crippen LogP contribution in [0.1, 0.15) is 40.5 Å². The van der Waals surface area contributed by atoms with Gasteiger partial charge in [-0.05, 0) is 33.8 Å². The highest BCUT2D eigenvalue weighted by molar-refractivity contribution is 6.99. The van der Waals surface area contributed by atoms with Gasteiger partial charge in [-0.1, -0.05) is 88.0 Å². The van der Waals surface area contributed by atoms with Gasteiger partial charge in [-0.3, -0.25) is 4.79 Å². The quantitative estimate of drug-likeness (QED) is 0.599. The zero-order valence-corrected chi connectivity index (χ0v) is 18.4. The fraction of sp³-hybridized carbons (Fsp3) is 0.375. The molecule has 3 rings (SSSR count). The Morgan fingerprint density at radius 3 is 1.89 bits per heavy atom. The highest BCUT2D eigenvalue weighted by Crippen LogP contribution is 2.41. The minimum absolute atomic E-state index is 0.0353. The van der Waals surface area contributed by atoms with Crippen molar-refractivity contribution in [3.63, 3.8) is 0 Å². The zero-order chi connectivity index (χ0) is 20.4. The summed E-state index contributed by atoms with van der Waals surface area (Å²) in [6, 6.07) is 21.2. The van der Waals surface area contributed by atoms with Crippen LogP contribution in [0, 0.1) is 0 Å². The molecular weight excluding hydrogens is 362 g/mol. The lowest BCUT2D eigenvalue weighted by atomic mass is 9.73. The van der Waals surface area contributed by atoms with Gasteiger partial charge in [0, 0.05) is 6.92 Å². The van der Waals surface area contributed by atoms with E-state index in [1.165, 1.54) is 10.4 Å². The zero-order valence-electron chi connectivity index (χ0n) is 17.4. The van der Waals surface area contributed by atoms with Crippen LogP contribution < -0.4 is 15.7 Å². The van der Waals surface area contributed by atoms with Crippen molar-refractivity contribution in [1.82, 2.24) is 5.32 Å². The molecule has 2 aromatic carbocycles. The van der Waals surface area contributed by atoms with E-state index in [2.05, 4.69) is 81.2 Å². The number of nitrogens with one attached hydrogen (secondary N) is 1. The third-order valence-electron chi connectivity index (χ3n) is 5.90. The molecule has 1 unspecified atom stereocenters. The highest BCUT2D eigenvalue weighted by Gasteiger charge is 2.52. The van der Waals surface area contributed by atoms with Gasteiger partial charge < -0.3 is 9.74 Å². The molecule has 1 aliphatic carbocycles. The first-order chi connectivity index (χ1) is 13.2. The summed E-state index contributed by atoms with van der Waals surface area (Å²) in [6.45, 7) is 13.0. The Morgan fingerprint density at radius 1 is 1.07 bits per heavy atom. The van der Waals surface area contributed by atoms with Crippen molar-refractivity contribution in [3.05, 3.63) is 72.8 Å². The molecule has 1 fully saturated rings. The SMILES string of the molecule is C=C1CCC1(CO[Si](c1ccccc1)(c1ccccc1)C(C)(C)C)NC(C)=O. The van der Waals surface area contributed by atoms with E-state index in [9.17, 15) is 4.79 Å². The van der Waals surface area contributed by atoms with E-state index < -0.39 is 13.9 Å². The van der Waals surface area contributed by atoms with E-state index in [1.54, 1.807) is 6.92 Å². The lowest BCUT2D eigenvalue weighted by Gasteiger charge is -2.49. The highest BCUT2D eigenvalue weighted by atomic mass is 28.4. The average molecular weight is 394 g/mol. The average Bonchev–Trinajstić information content (AvgIpc) is 2.66. The van der Waals surface area contributed by atoms with Gasteiger partial charge in [-0.2, -0.15) is 0 Å². The maximum absolute atomic E-state index is 11.9. The van der Waals surface area contributed by atoms with Crippen molar-refractivity contribution in [1.29, 1.82) is 0 Å². The van der Waals surface area contributed by atoms with Gasteiger partial charge in [0.25, 0.3) is 8.32 Å². The Labute approximate surface area is 170 Å². The number of amides is 1. The van der Waals surface area contributed by atoms with Gasteiger partial charge >= 0.3 is 0 Å². The van der Waals surface area contributed by atoms with Crippen molar-refractivity contribution >= 4 is 24.6 Å². The molecule has 0 saturated heterocycles. The summed E-state index contributed by atoms with van der Waals surface area (Å²) in [4.78, 5) is 11.9. The van der Waals surface area contributed by atoms with E-state index in [4.69, 9.17) is 4.43 Å². The standard InChI is InChI=1S/C24H31NO2Si/c1-19-16-17-24(19,25-20(2)26)18-27-28(23(3,4)5,21-12-8-6-9-13-21)22-14-10-7-11-15-22/h6-15H,1,16-18H2,2-5H3,(H,25,26). The van der Waals surface area contributed by atoms with Crippen LogP contribution in [0.15, 0.2) is 72.8 Å². The smallest absolute Gasteiger partial charge is 0.261 e. The van der Waals surface area contributed by atoms with Crippen LogP contribution in [-0.2, 0) is 9.22 Å². The van der Waals surface area contributed by atoms with Gasteiger partial charge in [-0.25, -0.2) is 0 Å². The van der Waals surface area contributed by atoms with Crippen molar-refractivity contribution in [3.8, 4) is 0 Å². The minimum Gasteiger partial charge on any atom is -0.405 e. The maximum Gasteiger partial charge on any atom is 0.261 e. The molecule has 4 heteroatoms. The van der Waals surface area contributed by atoms with Crippen LogP contribution in [0.2, 0.25) is 5.04 Å². The fourth-order valence-electron chi connectivity index (χ4n) is 4.29. The normalized spacial score (nSPS) is 19.8. The number of hydrogen-bond donors (Lipinski definition) is 1. The molecule has 1 N–H and O–H groups in total. The molecule has 148 valence electrons. The Kier molecular flexibility index (Phi) is 5.64. The second-order valence-electron chi connectivity index (χ2n) is 8.82. The Hall–Kier alpha value is -2.17. The lowest BCUT2D eigenvalue weighted by Crippen LogP contribution is -2.69. The monoisotopic (exact) mass is 393 g/mol. The fourth-order valence-corrected chi connectivity index (χ4v) is 8.91. The van der Waals surface area contributed by atoms with E-state index in [0.717, 1.165) is 18.4 Å². The first-order valence-electron chi connectivity index (χ1n) is 9.93. The molecule has 0 spiro atoms. The predicted octanol–water partition coefficient (Wildman–Crippen LogP) is 3.79. The van der Waals surface area contributed by atoms with Crippen LogP contribution in [0.25, 0.3) is 0 Å². The second kappa shape index (κ2) is 7.68. The third-order valence-corrected chi connectivity index (χ3v) is 10.9. The molecule has 3 nitrogen and oxygen atoms in total. The van der Waals surface area contributed by atoms with E-state index in [-0.39, 0.29) is 10.9 Å². The van der Waals surface area contributed by atoms with Crippen LogP contribution in [0.5, 0.6) is 0 Å². The third kappa shape index (κ3) is 3.59. The summed E-state index contributed by atoms with van der Waals surface area (Å²) < 4.78 is 7.01. The number of carbonyl (C=O) groups excluding carboxylic acids is 1. The Bertz CT molecular complexity index is 802. The van der Waals surface area contributed by atoms with Gasteiger partial charge in [0.2, 0.25) is 5.91 Å². The van der Waals surface area contributed by atoms with Crippen LogP contribution in [-0.4, -0.2) is 26.4 Å². The first-order valence-corrected chi connectivity index (χ1v) is 11.8. The molecular formula is C24H31NO2Si. The predicted molar refractivity (Wildman–Crippen MR) is 118 cm³/mol. The molecule has 0 radical (unpaired) electrons. The minimum atomic E-state index is -2.61. The number of rotatable bonds is 6. The van der Waals surface area contributed by atoms with Gasteiger partial charge in [0.05, 0.1) is 12.1 Å². The van der Waals surface area contributed by atoms with Crippen molar-refractivity contribution in [2.75, 3.05) is 6.61 Å². The summed E-state index contributed by atoms with van der Waals surface area (Å²) in [5.41, 5.74) is 0.611. The molecule has 0 heterocycles. The molecule has 2 aromatic rings. The van der Waals surface area contributed by atoms with Crippen LogP contribution in [0.3, 0.4) is 0 Å². The summed E-state index contributed by atoms with van der Waals surface area (Å²) in [6.07, 6.45) is 1.81. The summed E-state index contributed by atoms with van der Waals surface area (Å²) >= 11 is 0. The van der Waals surface area contributed by atoms with Gasteiger partial charge in [0.15, 0.2) is 0 Å². The lowest BCUT2D eigenvalue weighted by molar-refractivity contribution is -0.121. The molecule has 1 aliphatic rings. The topological polar surface area (TPSA) is 38.3 Å². The molecule has 0 bridgehead atoms. The second-order valence-corrected chi connectivity index (χ2v) is 13.1. The number of hydrogen-bond acceptors (Lipinski definition) is 2. The molecule has 1 amide bonds. The molecule has 1 saturated carbocycles. The van der Waals surface area contributed by atoms with Crippen LogP contribution >= 0.6 is 0 Å². The number of benzene rings is 2. The largest absolute Gasteiger partial charge is 0.405 e. The van der Waals surface area contributed by atoms with E-state index >= 15 is 0 Å². The summed E-state index contributed by atoms with van der Waals surface area (Å²) in [7, 11) is -2.61. The summed E-state index contributed by atoms with van der Waals surface area (Å²) in [5, 5.41) is 5.54. The van der Waals surface area contributed by atoms with E-state index in [0.29, 0.717) is 6.61 Å². The van der Waals surface area contributed by atoms with Crippen LogP contribution in [0.4, 0.5) is 0 Å². The van der Waals surface area contributed by atoms with Crippen molar-refractivity contribution < 1.29 is 9.22 Å². The van der Waals surface area contributed by atoms with Crippen molar-refractivity contribution in [2.45, 2.75) is 51.1 Å². The maximum atomic E-state index is 11.9. The molecule has 0 aromatic heterocycles. The Morgan fingerprint density at radius 2 is 1.57 bits per heavy atom. The van der Waals surface area contributed by atoms with Crippen molar-refractivity contribution in [2.24, 2.45) is 0 Å². The number of carbonyl (C=O) groups is 1. The first kappa shape index (κ1) is 20.6. The molecule has 0 aliphatic heterocycles. The van der Waals surface area contributed by atoms with Gasteiger partial charge in [-0.15, -0.1) is 0 Å². The van der Waals surface area contributed by atoms with Gasteiger partial charge in [0.1, 0.15) is 0 Å². The Balaban J connectivity index is 2.09. The molecule has 1 atom stereocenters. The summed E-state index contributed by atoms with van der Waals surface area (Å²) in [5.74, 6) is -0.0353. The molecule has 28 heavy (non-hydrogen) atoms. The van der Waals surface area contributed by atoms with E-state index in [1.807, 2.05) is 12.1 Å².